The minimum Gasteiger partial charge on any atom is -0.488 e. The summed E-state index contributed by atoms with van der Waals surface area (Å²) in [4.78, 5) is 33.4. The number of nitrogens with zero attached hydrogens (tertiary/aromatic N) is 2. The van der Waals surface area contributed by atoms with Crippen LogP contribution in [0.2, 0.25) is 0 Å². The maximum Gasteiger partial charge on any atom is 0.411 e. The maximum atomic E-state index is 12.8. The highest BCUT2D eigenvalue weighted by atomic mass is 32.1. The molecular formula is C26H28N2O5S. The number of esters is 1. The van der Waals surface area contributed by atoms with Gasteiger partial charge in [-0.15, -0.1) is 11.3 Å². The first kappa shape index (κ1) is 23.8. The third-order valence-corrected chi connectivity index (χ3v) is 6.44. The van der Waals surface area contributed by atoms with Crippen LogP contribution >= 0.6 is 11.3 Å². The normalized spacial score (nSPS) is 15.4. The van der Waals surface area contributed by atoms with Crippen molar-refractivity contribution in [1.29, 1.82) is 0 Å². The zero-order valence-electron chi connectivity index (χ0n) is 19.7. The lowest BCUT2D eigenvalue weighted by atomic mass is 9.92. The molecule has 1 aromatic carbocycles. The van der Waals surface area contributed by atoms with Gasteiger partial charge in [0.15, 0.2) is 6.04 Å². The third kappa shape index (κ3) is 5.39. The van der Waals surface area contributed by atoms with E-state index < -0.39 is 23.7 Å². The first-order valence-electron chi connectivity index (χ1n) is 11.1. The van der Waals surface area contributed by atoms with Gasteiger partial charge in [-0.25, -0.2) is 9.59 Å². The fourth-order valence-corrected chi connectivity index (χ4v) is 4.73. The van der Waals surface area contributed by atoms with Gasteiger partial charge in [-0.2, -0.15) is 0 Å². The van der Waals surface area contributed by atoms with Crippen LogP contribution in [0.1, 0.15) is 42.8 Å². The number of benzene rings is 1. The molecule has 0 saturated carbocycles. The second-order valence-electron chi connectivity index (χ2n) is 8.98. The number of fused-ring (bicyclic) bond motifs is 1. The summed E-state index contributed by atoms with van der Waals surface area (Å²) in [7, 11) is 1.32. The van der Waals surface area contributed by atoms with Gasteiger partial charge in [0.25, 0.3) is 0 Å². The zero-order valence-corrected chi connectivity index (χ0v) is 20.6. The smallest absolute Gasteiger partial charge is 0.411 e. The second kappa shape index (κ2) is 9.85. The predicted octanol–water partition coefficient (Wildman–Crippen LogP) is 5.40. The average Bonchev–Trinajstić information content (AvgIpc) is 3.30. The van der Waals surface area contributed by atoms with Gasteiger partial charge < -0.3 is 14.2 Å². The van der Waals surface area contributed by atoms with Crippen LogP contribution in [-0.2, 0) is 27.3 Å². The van der Waals surface area contributed by atoms with E-state index in [-0.39, 0.29) is 0 Å². The zero-order chi connectivity index (χ0) is 24.3. The van der Waals surface area contributed by atoms with Gasteiger partial charge in [-0.05, 0) is 74.7 Å². The fraction of sp³-hybridized carbons (Fsp3) is 0.346. The van der Waals surface area contributed by atoms with Gasteiger partial charge in [-0.1, -0.05) is 12.1 Å². The number of carbonyl (C=O) groups is 2. The first-order chi connectivity index (χ1) is 16.2. The fourth-order valence-electron chi connectivity index (χ4n) is 3.83. The summed E-state index contributed by atoms with van der Waals surface area (Å²) < 4.78 is 16.6. The van der Waals surface area contributed by atoms with E-state index in [4.69, 9.17) is 14.2 Å². The Morgan fingerprint density at radius 2 is 1.97 bits per heavy atom. The molecule has 0 saturated heterocycles. The molecule has 0 bridgehead atoms. The van der Waals surface area contributed by atoms with Crippen molar-refractivity contribution in [1.82, 2.24) is 9.88 Å². The molecule has 0 aliphatic carbocycles. The monoisotopic (exact) mass is 480 g/mol. The van der Waals surface area contributed by atoms with E-state index in [1.54, 1.807) is 38.3 Å². The molecule has 0 unspecified atom stereocenters. The van der Waals surface area contributed by atoms with E-state index in [1.807, 2.05) is 48.5 Å². The molecule has 1 atom stereocenters. The lowest BCUT2D eigenvalue weighted by molar-refractivity contribution is -0.147. The molecule has 4 rings (SSSR count). The number of aromatic nitrogens is 1. The van der Waals surface area contributed by atoms with Crippen molar-refractivity contribution in [2.24, 2.45) is 0 Å². The Labute approximate surface area is 203 Å². The molecular weight excluding hydrogens is 452 g/mol. The quantitative estimate of drug-likeness (QED) is 0.455. The van der Waals surface area contributed by atoms with Crippen LogP contribution in [0.3, 0.4) is 0 Å². The number of pyridine rings is 1. The van der Waals surface area contributed by atoms with Crippen LogP contribution in [0.5, 0.6) is 5.75 Å². The van der Waals surface area contributed by atoms with Crippen molar-refractivity contribution >= 4 is 23.4 Å². The van der Waals surface area contributed by atoms with Crippen LogP contribution in [0, 0.1) is 0 Å². The minimum atomic E-state index is -0.851. The standard InChI is InChI=1S/C26H28N2O5S/c1-26(2,3)33-25(30)28-14-12-17-15-18(8-10-20(17)23(28)24(29)31-4)32-16-19-9-11-22(34-19)21-7-5-6-13-27-21/h5-11,13,15,23H,12,14,16H2,1-4H3/t23-/m1/s1. The molecule has 1 aliphatic heterocycles. The topological polar surface area (TPSA) is 78.0 Å². The number of ether oxygens (including phenoxy) is 3. The number of hydrogen-bond donors (Lipinski definition) is 0. The molecule has 3 aromatic rings. The van der Waals surface area contributed by atoms with E-state index in [0.29, 0.717) is 25.3 Å². The molecule has 8 heteroatoms. The van der Waals surface area contributed by atoms with E-state index in [9.17, 15) is 9.59 Å². The van der Waals surface area contributed by atoms with E-state index in [2.05, 4.69) is 4.98 Å². The van der Waals surface area contributed by atoms with Crippen molar-refractivity contribution in [3.05, 3.63) is 70.7 Å². The van der Waals surface area contributed by atoms with Crippen molar-refractivity contribution in [3.63, 3.8) is 0 Å². The summed E-state index contributed by atoms with van der Waals surface area (Å²) in [6.45, 7) is 6.18. The lowest BCUT2D eigenvalue weighted by Crippen LogP contribution is -2.46. The van der Waals surface area contributed by atoms with Crippen molar-refractivity contribution < 1.29 is 23.8 Å². The highest BCUT2D eigenvalue weighted by Crippen LogP contribution is 2.35. The maximum absolute atomic E-state index is 12.8. The van der Waals surface area contributed by atoms with Crippen LogP contribution in [0.25, 0.3) is 10.6 Å². The van der Waals surface area contributed by atoms with Gasteiger partial charge in [0, 0.05) is 17.6 Å². The van der Waals surface area contributed by atoms with Gasteiger partial charge in [-0.3, -0.25) is 9.88 Å². The van der Waals surface area contributed by atoms with Gasteiger partial charge in [0.05, 0.1) is 17.7 Å². The number of rotatable bonds is 5. The summed E-state index contributed by atoms with van der Waals surface area (Å²) in [6.07, 6.45) is 1.83. The van der Waals surface area contributed by atoms with Crippen molar-refractivity contribution in [2.75, 3.05) is 13.7 Å². The van der Waals surface area contributed by atoms with Gasteiger partial charge >= 0.3 is 12.1 Å². The highest BCUT2D eigenvalue weighted by molar-refractivity contribution is 7.15. The Balaban J connectivity index is 1.49. The molecule has 1 aliphatic rings. The van der Waals surface area contributed by atoms with Crippen molar-refractivity contribution in [3.8, 4) is 16.3 Å². The molecule has 7 nitrogen and oxygen atoms in total. The van der Waals surface area contributed by atoms with E-state index >= 15 is 0 Å². The summed E-state index contributed by atoms with van der Waals surface area (Å²) in [6, 6.07) is 14.7. The third-order valence-electron chi connectivity index (χ3n) is 5.36. The van der Waals surface area contributed by atoms with Gasteiger partial charge in [0.1, 0.15) is 18.0 Å². The molecule has 2 aromatic heterocycles. The van der Waals surface area contributed by atoms with E-state index in [1.165, 1.54) is 12.0 Å². The Morgan fingerprint density at radius 3 is 2.68 bits per heavy atom. The molecule has 1 amide bonds. The Hall–Kier alpha value is -3.39. The molecule has 0 fully saturated rings. The molecule has 0 N–H and O–H groups in total. The second-order valence-corrected chi connectivity index (χ2v) is 10.1. The number of carbonyl (C=O) groups excluding carboxylic acids is 2. The Kier molecular flexibility index (Phi) is 6.88. The van der Waals surface area contributed by atoms with Gasteiger partial charge in [0.2, 0.25) is 0 Å². The van der Waals surface area contributed by atoms with E-state index in [0.717, 1.165) is 26.6 Å². The van der Waals surface area contributed by atoms with Crippen LogP contribution in [0.15, 0.2) is 54.7 Å². The number of methoxy groups -OCH3 is 1. The summed E-state index contributed by atoms with van der Waals surface area (Å²) in [5.74, 6) is 0.210. The number of amides is 1. The Bertz CT molecular complexity index is 1170. The van der Waals surface area contributed by atoms with Crippen molar-refractivity contribution in [2.45, 2.75) is 45.4 Å². The van der Waals surface area contributed by atoms with Crippen LogP contribution < -0.4 is 4.74 Å². The minimum absolute atomic E-state index is 0.351. The first-order valence-corrected chi connectivity index (χ1v) is 11.9. The Morgan fingerprint density at radius 1 is 1.15 bits per heavy atom. The number of hydrogen-bond acceptors (Lipinski definition) is 7. The molecule has 0 radical (unpaired) electrons. The molecule has 0 spiro atoms. The average molecular weight is 481 g/mol. The highest BCUT2D eigenvalue weighted by Gasteiger charge is 2.39. The number of thiophene rings is 1. The largest absolute Gasteiger partial charge is 0.488 e. The summed E-state index contributed by atoms with van der Waals surface area (Å²) in [5.41, 5.74) is 1.96. The van der Waals surface area contributed by atoms with Crippen LogP contribution in [-0.4, -0.2) is 41.2 Å². The molecule has 178 valence electrons. The predicted molar refractivity (Wildman–Crippen MR) is 130 cm³/mol. The lowest BCUT2D eigenvalue weighted by Gasteiger charge is -2.36. The summed E-state index contributed by atoms with van der Waals surface area (Å²) in [5, 5.41) is 0. The summed E-state index contributed by atoms with van der Waals surface area (Å²) >= 11 is 1.64. The van der Waals surface area contributed by atoms with Crippen LogP contribution in [0.4, 0.5) is 4.79 Å². The SMILES string of the molecule is COC(=O)[C@H]1c2ccc(OCc3ccc(-c4ccccn4)s3)cc2CCN1C(=O)OC(C)(C)C. The molecule has 34 heavy (non-hydrogen) atoms. The molecule has 3 heterocycles.